The van der Waals surface area contributed by atoms with E-state index in [2.05, 4.69) is 26.4 Å². The molecule has 0 saturated carbocycles. The van der Waals surface area contributed by atoms with Gasteiger partial charge in [0.15, 0.2) is 5.65 Å². The van der Waals surface area contributed by atoms with E-state index in [1.165, 1.54) is 0 Å². The third-order valence-corrected chi connectivity index (χ3v) is 3.08. The maximum absolute atomic E-state index is 4.46. The van der Waals surface area contributed by atoms with Crippen molar-refractivity contribution in [3.8, 4) is 0 Å². The molecule has 3 aromatic rings. The van der Waals surface area contributed by atoms with Gasteiger partial charge in [0.05, 0.1) is 11.4 Å². The Morgan fingerprint density at radius 1 is 1.32 bits per heavy atom. The zero-order valence-corrected chi connectivity index (χ0v) is 11.0. The van der Waals surface area contributed by atoms with Crippen LogP contribution in [0.5, 0.6) is 0 Å². The Morgan fingerprint density at radius 3 is 3.00 bits per heavy atom. The molecule has 0 spiro atoms. The van der Waals surface area contributed by atoms with Crippen molar-refractivity contribution in [3.63, 3.8) is 0 Å². The third-order valence-electron chi connectivity index (χ3n) is 3.08. The molecular weight excluding hydrogens is 238 g/mol. The molecule has 3 heterocycles. The lowest BCUT2D eigenvalue weighted by molar-refractivity contribution is 0.773. The number of pyridine rings is 2. The molecule has 5 nitrogen and oxygen atoms in total. The lowest BCUT2D eigenvalue weighted by atomic mass is 10.2. The van der Waals surface area contributed by atoms with E-state index in [1.54, 1.807) is 12.4 Å². The van der Waals surface area contributed by atoms with Crippen molar-refractivity contribution in [3.05, 3.63) is 48.0 Å². The van der Waals surface area contributed by atoms with Crippen molar-refractivity contribution in [1.82, 2.24) is 19.7 Å². The van der Waals surface area contributed by atoms with Gasteiger partial charge >= 0.3 is 0 Å². The molecule has 0 fully saturated rings. The minimum atomic E-state index is 0.725. The summed E-state index contributed by atoms with van der Waals surface area (Å²) in [7, 11) is 1.91. The van der Waals surface area contributed by atoms with Gasteiger partial charge in [-0.05, 0) is 30.7 Å². The van der Waals surface area contributed by atoms with Gasteiger partial charge in [-0.2, -0.15) is 5.10 Å². The normalized spacial score (nSPS) is 10.8. The van der Waals surface area contributed by atoms with Gasteiger partial charge in [-0.3, -0.25) is 9.67 Å². The van der Waals surface area contributed by atoms with E-state index >= 15 is 0 Å². The Kier molecular flexibility index (Phi) is 2.87. The number of nitrogens with one attached hydrogen (secondary N) is 1. The van der Waals surface area contributed by atoms with E-state index in [-0.39, 0.29) is 0 Å². The molecule has 0 unspecified atom stereocenters. The van der Waals surface area contributed by atoms with Crippen LogP contribution in [0.4, 0.5) is 5.69 Å². The van der Waals surface area contributed by atoms with Crippen molar-refractivity contribution in [1.29, 1.82) is 0 Å². The van der Waals surface area contributed by atoms with E-state index in [4.69, 9.17) is 0 Å². The van der Waals surface area contributed by atoms with E-state index in [1.807, 2.05) is 37.0 Å². The molecule has 1 N–H and O–H groups in total. The summed E-state index contributed by atoms with van der Waals surface area (Å²) in [6.07, 6.45) is 5.45. The summed E-state index contributed by atoms with van der Waals surface area (Å²) < 4.78 is 1.81. The summed E-state index contributed by atoms with van der Waals surface area (Å²) in [5, 5.41) is 8.80. The Hall–Kier alpha value is -2.43. The fourth-order valence-electron chi connectivity index (χ4n) is 2.12. The van der Waals surface area contributed by atoms with Gasteiger partial charge < -0.3 is 5.32 Å². The lowest BCUT2D eigenvalue weighted by Crippen LogP contribution is -2.00. The molecule has 0 aromatic carbocycles. The fraction of sp³-hybridized carbons (Fsp3) is 0.214. The largest absolute Gasteiger partial charge is 0.380 e. The number of aromatic nitrogens is 4. The minimum absolute atomic E-state index is 0.725. The smallest absolute Gasteiger partial charge is 0.157 e. The van der Waals surface area contributed by atoms with E-state index in [0.717, 1.165) is 34.5 Å². The minimum Gasteiger partial charge on any atom is -0.380 e. The monoisotopic (exact) mass is 253 g/mol. The number of fused-ring (bicyclic) bond motifs is 1. The molecule has 5 heteroatoms. The summed E-state index contributed by atoms with van der Waals surface area (Å²) in [6, 6.07) is 6.04. The number of rotatable bonds is 3. The number of hydrogen-bond acceptors (Lipinski definition) is 4. The van der Waals surface area contributed by atoms with Crippen molar-refractivity contribution in [2.45, 2.75) is 13.5 Å². The predicted octanol–water partition coefficient (Wildman–Crippen LogP) is 2.28. The number of aryl methyl sites for hydroxylation is 2. The zero-order valence-electron chi connectivity index (χ0n) is 11.0. The SMILES string of the molecule is Cc1nn(C)c2ncc(CNc3cccnc3)cc12. The van der Waals surface area contributed by atoms with Gasteiger partial charge in [-0.15, -0.1) is 0 Å². The fourth-order valence-corrected chi connectivity index (χ4v) is 2.12. The van der Waals surface area contributed by atoms with Gasteiger partial charge in [0.25, 0.3) is 0 Å². The first kappa shape index (κ1) is 11.6. The molecule has 0 atom stereocenters. The first-order valence-corrected chi connectivity index (χ1v) is 6.16. The van der Waals surface area contributed by atoms with E-state index in [9.17, 15) is 0 Å². The molecule has 0 radical (unpaired) electrons. The maximum Gasteiger partial charge on any atom is 0.157 e. The second-order valence-corrected chi connectivity index (χ2v) is 4.52. The van der Waals surface area contributed by atoms with Crippen LogP contribution in [0, 0.1) is 6.92 Å². The van der Waals surface area contributed by atoms with Crippen LogP contribution in [0.2, 0.25) is 0 Å². The number of anilines is 1. The van der Waals surface area contributed by atoms with Gasteiger partial charge in [-0.25, -0.2) is 4.98 Å². The van der Waals surface area contributed by atoms with E-state index in [0.29, 0.717) is 0 Å². The Morgan fingerprint density at radius 2 is 2.21 bits per heavy atom. The predicted molar refractivity (Wildman–Crippen MR) is 74.8 cm³/mol. The van der Waals surface area contributed by atoms with Gasteiger partial charge in [0.1, 0.15) is 0 Å². The highest BCUT2D eigenvalue weighted by atomic mass is 15.3. The van der Waals surface area contributed by atoms with Crippen molar-refractivity contribution < 1.29 is 0 Å². The van der Waals surface area contributed by atoms with Crippen LogP contribution in [0.1, 0.15) is 11.3 Å². The second-order valence-electron chi connectivity index (χ2n) is 4.52. The Balaban J connectivity index is 1.84. The molecule has 0 aliphatic rings. The first-order valence-electron chi connectivity index (χ1n) is 6.16. The lowest BCUT2D eigenvalue weighted by Gasteiger charge is -2.05. The zero-order chi connectivity index (χ0) is 13.2. The van der Waals surface area contributed by atoms with Crippen LogP contribution < -0.4 is 5.32 Å². The van der Waals surface area contributed by atoms with Crippen LogP contribution in [0.3, 0.4) is 0 Å². The highest BCUT2D eigenvalue weighted by Gasteiger charge is 2.06. The first-order chi connectivity index (χ1) is 9.24. The molecule has 0 aliphatic carbocycles. The Labute approximate surface area is 111 Å². The van der Waals surface area contributed by atoms with Crippen LogP contribution in [-0.2, 0) is 13.6 Å². The molecule has 96 valence electrons. The summed E-state index contributed by atoms with van der Waals surface area (Å²) in [6.45, 7) is 2.73. The molecule has 0 aliphatic heterocycles. The Bertz CT molecular complexity index is 702. The van der Waals surface area contributed by atoms with Crippen molar-refractivity contribution in [2.75, 3.05) is 5.32 Å². The topological polar surface area (TPSA) is 55.6 Å². The van der Waals surface area contributed by atoms with Crippen LogP contribution >= 0.6 is 0 Å². The van der Waals surface area contributed by atoms with Gasteiger partial charge in [0, 0.05) is 37.6 Å². The van der Waals surface area contributed by atoms with Crippen molar-refractivity contribution in [2.24, 2.45) is 7.05 Å². The molecular formula is C14H15N5. The highest BCUT2D eigenvalue weighted by Crippen LogP contribution is 2.17. The summed E-state index contributed by atoms with van der Waals surface area (Å²) >= 11 is 0. The quantitative estimate of drug-likeness (QED) is 0.778. The second kappa shape index (κ2) is 4.68. The van der Waals surface area contributed by atoms with Crippen LogP contribution in [0.15, 0.2) is 36.8 Å². The molecule has 3 aromatic heterocycles. The maximum atomic E-state index is 4.46. The summed E-state index contributed by atoms with van der Waals surface area (Å²) in [5.41, 5.74) is 4.06. The van der Waals surface area contributed by atoms with Crippen LogP contribution in [-0.4, -0.2) is 19.7 Å². The van der Waals surface area contributed by atoms with Gasteiger partial charge in [-0.1, -0.05) is 0 Å². The van der Waals surface area contributed by atoms with E-state index < -0.39 is 0 Å². The average molecular weight is 253 g/mol. The van der Waals surface area contributed by atoms with Gasteiger partial charge in [0.2, 0.25) is 0 Å². The number of hydrogen-bond donors (Lipinski definition) is 1. The van der Waals surface area contributed by atoms with Crippen molar-refractivity contribution >= 4 is 16.7 Å². The molecule has 19 heavy (non-hydrogen) atoms. The van der Waals surface area contributed by atoms with Crippen LogP contribution in [0.25, 0.3) is 11.0 Å². The molecule has 0 bridgehead atoms. The standard InChI is InChI=1S/C14H15N5/c1-10-13-6-11(8-17-14(13)19(2)18-10)7-16-12-4-3-5-15-9-12/h3-6,8-9,16H,7H2,1-2H3. The molecule has 3 rings (SSSR count). The molecule has 0 amide bonds. The summed E-state index contributed by atoms with van der Waals surface area (Å²) in [4.78, 5) is 8.53. The average Bonchev–Trinajstić information content (AvgIpc) is 2.73. The molecule has 0 saturated heterocycles. The summed E-state index contributed by atoms with van der Waals surface area (Å²) in [5.74, 6) is 0. The number of nitrogens with zero attached hydrogens (tertiary/aromatic N) is 4. The third kappa shape index (κ3) is 2.27. The highest BCUT2D eigenvalue weighted by molar-refractivity contribution is 5.78.